The first kappa shape index (κ1) is 12.8. The van der Waals surface area contributed by atoms with Crippen molar-refractivity contribution in [2.45, 2.75) is 20.3 Å². The number of pyridine rings is 1. The lowest BCUT2D eigenvalue weighted by Crippen LogP contribution is -2.01. The fourth-order valence-electron chi connectivity index (χ4n) is 1.23. The maximum atomic E-state index is 5.58. The third kappa shape index (κ3) is 4.03. The van der Waals surface area contributed by atoms with Crippen molar-refractivity contribution in [3.63, 3.8) is 0 Å². The summed E-state index contributed by atoms with van der Waals surface area (Å²) in [4.78, 5) is 4.36. The predicted molar refractivity (Wildman–Crippen MR) is 69.9 cm³/mol. The van der Waals surface area contributed by atoms with Crippen molar-refractivity contribution in [2.75, 3.05) is 18.6 Å². The zero-order chi connectivity index (χ0) is 11.3. The Hall–Kier alpha value is -0.220. The molecular formula is C11H16BrNOS. The topological polar surface area (TPSA) is 22.1 Å². The normalized spacial score (nSPS) is 10.4. The van der Waals surface area contributed by atoms with Crippen molar-refractivity contribution in [1.82, 2.24) is 4.98 Å². The Morgan fingerprint density at radius 1 is 1.47 bits per heavy atom. The van der Waals surface area contributed by atoms with Crippen molar-refractivity contribution in [3.8, 4) is 5.88 Å². The van der Waals surface area contributed by atoms with E-state index >= 15 is 0 Å². The Labute approximate surface area is 104 Å². The molecule has 84 valence electrons. The van der Waals surface area contributed by atoms with E-state index in [0.29, 0.717) is 0 Å². The number of halogens is 1. The van der Waals surface area contributed by atoms with E-state index < -0.39 is 0 Å². The lowest BCUT2D eigenvalue weighted by Gasteiger charge is -2.08. The van der Waals surface area contributed by atoms with Gasteiger partial charge in [0.05, 0.1) is 12.3 Å². The average Bonchev–Trinajstić information content (AvgIpc) is 2.21. The lowest BCUT2D eigenvalue weighted by atomic mass is 10.2. The summed E-state index contributed by atoms with van der Waals surface area (Å²) in [6.45, 7) is 4.77. The monoisotopic (exact) mass is 289 g/mol. The van der Waals surface area contributed by atoms with Gasteiger partial charge in [0.25, 0.3) is 0 Å². The minimum Gasteiger partial charge on any atom is -0.478 e. The zero-order valence-electron chi connectivity index (χ0n) is 9.34. The molecule has 0 fully saturated rings. The third-order valence-corrected chi connectivity index (χ3v) is 3.92. The van der Waals surface area contributed by atoms with Crippen LogP contribution in [0.25, 0.3) is 0 Å². The van der Waals surface area contributed by atoms with E-state index in [-0.39, 0.29) is 0 Å². The first-order chi connectivity index (χ1) is 7.15. The summed E-state index contributed by atoms with van der Waals surface area (Å²) in [5, 5.41) is 0. The molecule has 1 aromatic heterocycles. The van der Waals surface area contributed by atoms with Crippen LogP contribution in [0.4, 0.5) is 0 Å². The van der Waals surface area contributed by atoms with E-state index in [1.807, 2.05) is 31.7 Å². The van der Waals surface area contributed by atoms with Gasteiger partial charge in [-0.1, -0.05) is 0 Å². The van der Waals surface area contributed by atoms with Crippen LogP contribution in [0.2, 0.25) is 0 Å². The Morgan fingerprint density at radius 3 is 2.80 bits per heavy atom. The van der Waals surface area contributed by atoms with Gasteiger partial charge in [0.2, 0.25) is 5.88 Å². The number of rotatable bonds is 5. The number of hydrogen-bond acceptors (Lipinski definition) is 3. The molecule has 2 nitrogen and oxygen atoms in total. The highest BCUT2D eigenvalue weighted by Gasteiger charge is 2.04. The second kappa shape index (κ2) is 6.38. The average molecular weight is 290 g/mol. The van der Waals surface area contributed by atoms with E-state index in [1.54, 1.807) is 0 Å². The molecule has 0 aliphatic heterocycles. The van der Waals surface area contributed by atoms with Gasteiger partial charge in [-0.25, -0.2) is 4.98 Å². The van der Waals surface area contributed by atoms with Crippen molar-refractivity contribution in [3.05, 3.63) is 21.8 Å². The van der Waals surface area contributed by atoms with Gasteiger partial charge in [-0.15, -0.1) is 0 Å². The van der Waals surface area contributed by atoms with Crippen LogP contribution < -0.4 is 4.74 Å². The van der Waals surface area contributed by atoms with E-state index in [2.05, 4.69) is 27.2 Å². The molecule has 0 N–H and O–H groups in total. The maximum Gasteiger partial charge on any atom is 0.213 e. The fraction of sp³-hybridized carbons (Fsp3) is 0.545. The fourth-order valence-corrected chi connectivity index (χ4v) is 1.84. The standard InChI is InChI=1S/C11H16BrNOS/c1-8-7-10(13-9(2)11(8)12)14-5-4-6-15-3/h7H,4-6H2,1-3H3. The van der Waals surface area contributed by atoms with E-state index in [4.69, 9.17) is 4.74 Å². The van der Waals surface area contributed by atoms with Crippen LogP contribution in [0.3, 0.4) is 0 Å². The molecule has 1 heterocycles. The molecule has 0 aliphatic carbocycles. The summed E-state index contributed by atoms with van der Waals surface area (Å²) in [5.41, 5.74) is 2.15. The molecule has 0 atom stereocenters. The molecule has 1 aromatic rings. The van der Waals surface area contributed by atoms with Crippen LogP contribution in [-0.4, -0.2) is 23.6 Å². The number of ether oxygens (including phenoxy) is 1. The summed E-state index contributed by atoms with van der Waals surface area (Å²) in [6, 6.07) is 1.97. The van der Waals surface area contributed by atoms with Crippen LogP contribution in [0.15, 0.2) is 10.5 Å². The smallest absolute Gasteiger partial charge is 0.213 e. The summed E-state index contributed by atoms with van der Waals surface area (Å²) in [5.74, 6) is 1.86. The van der Waals surface area contributed by atoms with Crippen LogP contribution in [0.1, 0.15) is 17.7 Å². The van der Waals surface area contributed by atoms with Crippen LogP contribution in [-0.2, 0) is 0 Å². The van der Waals surface area contributed by atoms with Gasteiger partial charge in [0, 0.05) is 10.5 Å². The highest BCUT2D eigenvalue weighted by Crippen LogP contribution is 2.23. The van der Waals surface area contributed by atoms with Crippen LogP contribution in [0, 0.1) is 13.8 Å². The van der Waals surface area contributed by atoms with Gasteiger partial charge in [0.1, 0.15) is 0 Å². The molecule has 0 unspecified atom stereocenters. The molecule has 1 rings (SSSR count). The predicted octanol–water partition coefficient (Wildman–Crippen LogP) is 3.59. The Bertz CT molecular complexity index is 307. The van der Waals surface area contributed by atoms with E-state index in [9.17, 15) is 0 Å². The van der Waals surface area contributed by atoms with Gasteiger partial charge in [-0.2, -0.15) is 11.8 Å². The molecular weight excluding hydrogens is 274 g/mol. The Balaban J connectivity index is 2.55. The molecule has 15 heavy (non-hydrogen) atoms. The minimum atomic E-state index is 0.731. The molecule has 0 saturated heterocycles. The summed E-state index contributed by atoms with van der Waals surface area (Å²) in [7, 11) is 0. The minimum absolute atomic E-state index is 0.731. The number of thioether (sulfide) groups is 1. The van der Waals surface area contributed by atoms with Gasteiger partial charge in [0.15, 0.2) is 0 Å². The second-order valence-electron chi connectivity index (χ2n) is 3.37. The number of aryl methyl sites for hydroxylation is 2. The summed E-state index contributed by atoms with van der Waals surface area (Å²) in [6.07, 6.45) is 3.17. The van der Waals surface area contributed by atoms with Gasteiger partial charge in [-0.3, -0.25) is 0 Å². The molecule has 0 aromatic carbocycles. The summed E-state index contributed by atoms with van der Waals surface area (Å²) >= 11 is 5.32. The van der Waals surface area contributed by atoms with Gasteiger partial charge >= 0.3 is 0 Å². The number of aromatic nitrogens is 1. The third-order valence-electron chi connectivity index (χ3n) is 2.02. The summed E-state index contributed by atoms with van der Waals surface area (Å²) < 4.78 is 6.65. The molecule has 0 saturated carbocycles. The zero-order valence-corrected chi connectivity index (χ0v) is 11.7. The largest absolute Gasteiger partial charge is 0.478 e. The molecule has 0 spiro atoms. The van der Waals surface area contributed by atoms with E-state index in [0.717, 1.165) is 34.8 Å². The van der Waals surface area contributed by atoms with Crippen molar-refractivity contribution < 1.29 is 4.74 Å². The van der Waals surface area contributed by atoms with Crippen molar-refractivity contribution in [1.29, 1.82) is 0 Å². The number of nitrogens with zero attached hydrogens (tertiary/aromatic N) is 1. The van der Waals surface area contributed by atoms with Crippen molar-refractivity contribution in [2.24, 2.45) is 0 Å². The SMILES string of the molecule is CSCCCOc1cc(C)c(Br)c(C)n1. The first-order valence-electron chi connectivity index (χ1n) is 4.90. The van der Waals surface area contributed by atoms with Crippen molar-refractivity contribution >= 4 is 27.7 Å². The lowest BCUT2D eigenvalue weighted by molar-refractivity contribution is 0.305. The first-order valence-corrected chi connectivity index (χ1v) is 7.09. The van der Waals surface area contributed by atoms with Crippen LogP contribution in [0.5, 0.6) is 5.88 Å². The number of hydrogen-bond donors (Lipinski definition) is 0. The molecule has 0 amide bonds. The quantitative estimate of drug-likeness (QED) is 0.774. The Kier molecular flexibility index (Phi) is 5.47. The highest BCUT2D eigenvalue weighted by atomic mass is 79.9. The molecule has 4 heteroatoms. The van der Waals surface area contributed by atoms with Gasteiger partial charge in [-0.05, 0) is 53.8 Å². The molecule has 0 radical (unpaired) electrons. The van der Waals surface area contributed by atoms with E-state index in [1.165, 1.54) is 5.56 Å². The van der Waals surface area contributed by atoms with Gasteiger partial charge < -0.3 is 4.74 Å². The molecule has 0 aliphatic rings. The maximum absolute atomic E-state index is 5.58. The Morgan fingerprint density at radius 2 is 2.20 bits per heavy atom. The molecule has 0 bridgehead atoms. The van der Waals surface area contributed by atoms with Crippen LogP contribution >= 0.6 is 27.7 Å². The highest BCUT2D eigenvalue weighted by molar-refractivity contribution is 9.10. The second-order valence-corrected chi connectivity index (χ2v) is 5.15.